The van der Waals surface area contributed by atoms with E-state index in [1.54, 1.807) is 45.0 Å². The second-order valence-electron chi connectivity index (χ2n) is 12.0. The Balaban J connectivity index is 1.25. The summed E-state index contributed by atoms with van der Waals surface area (Å²) < 4.78 is 17.9. The Morgan fingerprint density at radius 1 is 0.925 bits per heavy atom. The summed E-state index contributed by atoms with van der Waals surface area (Å²) in [6.45, 7) is 5.31. The number of benzene rings is 2. The number of phenolic OH excluding ortho intramolecular Hbond substituents is 1. The maximum atomic E-state index is 13.7. The van der Waals surface area contributed by atoms with Gasteiger partial charge in [0.1, 0.15) is 11.9 Å². The predicted molar refractivity (Wildman–Crippen MR) is 142 cm³/mol. The molecule has 2 aliphatic heterocycles. The van der Waals surface area contributed by atoms with Crippen LogP contribution < -0.4 is 0 Å². The normalized spacial score (nSPS) is 35.6. The minimum Gasteiger partial charge on any atom is -0.507 e. The third kappa shape index (κ3) is 4.58. The van der Waals surface area contributed by atoms with Crippen molar-refractivity contribution < 1.29 is 44.2 Å². The maximum Gasteiger partial charge on any atom is 0.198 e. The molecule has 214 valence electrons. The van der Waals surface area contributed by atoms with Gasteiger partial charge in [-0.05, 0) is 63.3 Å². The number of aromatic hydroxyl groups is 1. The van der Waals surface area contributed by atoms with Gasteiger partial charge < -0.3 is 34.6 Å². The Bertz CT molecular complexity index is 1350. The van der Waals surface area contributed by atoms with Gasteiger partial charge in [-0.25, -0.2) is 0 Å². The second-order valence-corrected chi connectivity index (χ2v) is 12.0. The fourth-order valence-electron chi connectivity index (χ4n) is 6.71. The van der Waals surface area contributed by atoms with Crippen LogP contribution in [0.25, 0.3) is 0 Å². The van der Waals surface area contributed by atoms with Crippen molar-refractivity contribution in [3.05, 3.63) is 63.2 Å². The standard InChI is InChI=1S/C31H36O9/c1-14-21(32)8-9-24(39-14)40-30-15(2)38-23(12-22(30)33)18-6-7-20-26(27(18)34)29(36)19-5-4-16-13-31(3,37)11-10-17(16)25(19)28(20)35/h4-7,14-15,21-24,30,32-34,37H,8-13H2,1-3H3/t14-,15+,21-,22+,23+,24-,30+,31-/m0/s1. The number of carbonyl (C=O) groups is 2. The van der Waals surface area contributed by atoms with Crippen LogP contribution in [-0.2, 0) is 27.1 Å². The van der Waals surface area contributed by atoms with E-state index < -0.39 is 48.2 Å². The van der Waals surface area contributed by atoms with Crippen molar-refractivity contribution in [2.75, 3.05) is 0 Å². The molecule has 9 nitrogen and oxygen atoms in total. The quantitative estimate of drug-likeness (QED) is 0.386. The maximum absolute atomic E-state index is 13.7. The average Bonchev–Trinajstić information content (AvgIpc) is 2.90. The lowest BCUT2D eigenvalue weighted by Crippen LogP contribution is -2.49. The Morgan fingerprint density at radius 2 is 1.62 bits per heavy atom. The molecule has 4 aliphatic rings. The van der Waals surface area contributed by atoms with Crippen LogP contribution >= 0.6 is 0 Å². The van der Waals surface area contributed by atoms with Gasteiger partial charge in [-0.3, -0.25) is 9.59 Å². The van der Waals surface area contributed by atoms with Crippen LogP contribution in [0, 0.1) is 0 Å². The Morgan fingerprint density at radius 3 is 2.35 bits per heavy atom. The van der Waals surface area contributed by atoms with Crippen LogP contribution in [0.2, 0.25) is 0 Å². The molecule has 4 N–H and O–H groups in total. The van der Waals surface area contributed by atoms with Crippen molar-refractivity contribution >= 4 is 11.6 Å². The number of ether oxygens (including phenoxy) is 3. The SMILES string of the molecule is C[C@@H]1O[C@@H](O[C@H]2[C@H](O)C[C@H](c3ccc4c(c3O)C(=O)c3ccc5c(c3C4=O)CC[C@](C)(O)C5)O[C@@H]2C)CC[C@@H]1O. The summed E-state index contributed by atoms with van der Waals surface area (Å²) in [5.41, 5.74) is 1.83. The van der Waals surface area contributed by atoms with Crippen LogP contribution in [0.4, 0.5) is 0 Å². The highest BCUT2D eigenvalue weighted by atomic mass is 16.7. The van der Waals surface area contributed by atoms with Gasteiger partial charge in [-0.15, -0.1) is 0 Å². The molecule has 2 aliphatic carbocycles. The zero-order valence-corrected chi connectivity index (χ0v) is 22.9. The summed E-state index contributed by atoms with van der Waals surface area (Å²) in [5.74, 6) is -1.06. The number of fused-ring (bicyclic) bond motifs is 4. The lowest BCUT2D eigenvalue weighted by atomic mass is 9.73. The first kappa shape index (κ1) is 27.5. The van der Waals surface area contributed by atoms with E-state index >= 15 is 0 Å². The van der Waals surface area contributed by atoms with E-state index in [0.29, 0.717) is 43.2 Å². The van der Waals surface area contributed by atoms with Gasteiger partial charge in [-0.2, -0.15) is 0 Å². The minimum atomic E-state index is -0.934. The monoisotopic (exact) mass is 552 g/mol. The smallest absolute Gasteiger partial charge is 0.198 e. The van der Waals surface area contributed by atoms with Crippen molar-refractivity contribution in [2.45, 2.75) is 108 Å². The first-order chi connectivity index (χ1) is 18.9. The van der Waals surface area contributed by atoms with Crippen LogP contribution in [0.3, 0.4) is 0 Å². The van der Waals surface area contributed by atoms with E-state index in [2.05, 4.69) is 0 Å². The van der Waals surface area contributed by atoms with Gasteiger partial charge >= 0.3 is 0 Å². The summed E-state index contributed by atoms with van der Waals surface area (Å²) in [5, 5.41) is 42.7. The van der Waals surface area contributed by atoms with Crippen LogP contribution in [0.15, 0.2) is 24.3 Å². The van der Waals surface area contributed by atoms with Crippen molar-refractivity contribution in [2.24, 2.45) is 0 Å². The summed E-state index contributed by atoms with van der Waals surface area (Å²) in [6, 6.07) is 6.54. The molecule has 2 fully saturated rings. The fraction of sp³-hybridized carbons (Fsp3) is 0.548. The number of phenols is 1. The third-order valence-corrected chi connectivity index (χ3v) is 8.99. The van der Waals surface area contributed by atoms with Crippen LogP contribution in [0.1, 0.15) is 101 Å². The molecule has 2 aromatic rings. The van der Waals surface area contributed by atoms with Crippen molar-refractivity contribution in [3.63, 3.8) is 0 Å². The van der Waals surface area contributed by atoms with Gasteiger partial charge in [-0.1, -0.05) is 12.1 Å². The minimum absolute atomic E-state index is 0.0509. The molecule has 0 radical (unpaired) electrons. The third-order valence-electron chi connectivity index (χ3n) is 8.99. The molecule has 0 amide bonds. The van der Waals surface area contributed by atoms with Gasteiger partial charge in [0.15, 0.2) is 17.9 Å². The second kappa shape index (κ2) is 10.0. The number of rotatable bonds is 3. The number of aliphatic hydroxyl groups is 3. The molecule has 2 aromatic carbocycles. The molecule has 0 saturated carbocycles. The van der Waals surface area contributed by atoms with Crippen molar-refractivity contribution in [1.29, 1.82) is 0 Å². The molecular weight excluding hydrogens is 516 g/mol. The van der Waals surface area contributed by atoms with E-state index in [4.69, 9.17) is 14.2 Å². The van der Waals surface area contributed by atoms with E-state index in [1.807, 2.05) is 0 Å². The molecule has 0 bridgehead atoms. The van der Waals surface area contributed by atoms with Crippen molar-refractivity contribution in [1.82, 2.24) is 0 Å². The van der Waals surface area contributed by atoms with Gasteiger partial charge in [0.05, 0.1) is 41.7 Å². The molecule has 2 saturated heterocycles. The highest BCUT2D eigenvalue weighted by molar-refractivity contribution is 6.30. The summed E-state index contributed by atoms with van der Waals surface area (Å²) in [4.78, 5) is 27.3. The molecule has 40 heavy (non-hydrogen) atoms. The van der Waals surface area contributed by atoms with Crippen LogP contribution in [0.5, 0.6) is 5.75 Å². The zero-order valence-electron chi connectivity index (χ0n) is 22.9. The van der Waals surface area contributed by atoms with Crippen LogP contribution in [-0.4, -0.2) is 74.4 Å². The van der Waals surface area contributed by atoms with E-state index in [-0.39, 0.29) is 40.7 Å². The Hall–Kier alpha value is -2.66. The van der Waals surface area contributed by atoms with Crippen molar-refractivity contribution in [3.8, 4) is 5.75 Å². The highest BCUT2D eigenvalue weighted by Crippen LogP contribution is 2.44. The molecule has 8 atom stereocenters. The Kier molecular flexibility index (Phi) is 6.88. The first-order valence-corrected chi connectivity index (χ1v) is 14.1. The van der Waals surface area contributed by atoms with E-state index in [1.165, 1.54) is 0 Å². The highest BCUT2D eigenvalue weighted by Gasteiger charge is 2.43. The van der Waals surface area contributed by atoms with Gasteiger partial charge in [0.25, 0.3) is 0 Å². The van der Waals surface area contributed by atoms with Gasteiger partial charge in [0, 0.05) is 41.5 Å². The number of aliphatic hydroxyl groups excluding tert-OH is 2. The number of hydrogen-bond donors (Lipinski definition) is 4. The first-order valence-electron chi connectivity index (χ1n) is 14.1. The summed E-state index contributed by atoms with van der Waals surface area (Å²) >= 11 is 0. The summed E-state index contributed by atoms with van der Waals surface area (Å²) in [6.07, 6.45) is -1.85. The predicted octanol–water partition coefficient (Wildman–Crippen LogP) is 2.89. The lowest BCUT2D eigenvalue weighted by molar-refractivity contribution is -0.279. The molecule has 0 unspecified atom stereocenters. The molecular formula is C31H36O9. The number of ketones is 2. The summed E-state index contributed by atoms with van der Waals surface area (Å²) in [7, 11) is 0. The molecule has 0 spiro atoms. The number of hydrogen-bond acceptors (Lipinski definition) is 9. The number of carbonyl (C=O) groups excluding carboxylic acids is 2. The topological polar surface area (TPSA) is 143 Å². The molecule has 9 heteroatoms. The molecule has 0 aromatic heterocycles. The van der Waals surface area contributed by atoms with E-state index in [0.717, 1.165) is 11.1 Å². The average molecular weight is 553 g/mol. The molecule has 6 rings (SSSR count). The van der Waals surface area contributed by atoms with Gasteiger partial charge in [0.2, 0.25) is 0 Å². The van der Waals surface area contributed by atoms with E-state index in [9.17, 15) is 30.0 Å². The Labute approximate surface area is 232 Å². The fourth-order valence-corrected chi connectivity index (χ4v) is 6.71. The zero-order chi connectivity index (χ0) is 28.5. The molecule has 2 heterocycles. The lowest BCUT2D eigenvalue weighted by Gasteiger charge is -2.41. The largest absolute Gasteiger partial charge is 0.507 e.